The molecule has 0 radical (unpaired) electrons. The summed E-state index contributed by atoms with van der Waals surface area (Å²) in [5.74, 6) is 0.00138. The summed E-state index contributed by atoms with van der Waals surface area (Å²) in [6.07, 6.45) is 3.31. The monoisotopic (exact) mass is 337 g/mol. The molecule has 22 heavy (non-hydrogen) atoms. The highest BCUT2D eigenvalue weighted by Crippen LogP contribution is 2.13. The summed E-state index contributed by atoms with van der Waals surface area (Å²) in [6, 6.07) is -0.0651. The number of carbonyl (C=O) groups excluding carboxylic acids is 1. The van der Waals surface area contributed by atoms with Crippen LogP contribution in [-0.2, 0) is 14.9 Å². The zero-order valence-electron chi connectivity index (χ0n) is 14.5. The molecule has 0 spiro atoms. The van der Waals surface area contributed by atoms with Gasteiger partial charge in [-0.25, -0.2) is 0 Å². The van der Waals surface area contributed by atoms with Crippen molar-refractivity contribution >= 4 is 15.9 Å². The van der Waals surface area contributed by atoms with Crippen molar-refractivity contribution in [2.75, 3.05) is 39.0 Å². The van der Waals surface area contributed by atoms with E-state index in [9.17, 15) is 13.2 Å². The van der Waals surface area contributed by atoms with E-state index in [0.29, 0.717) is 6.42 Å². The number of quaternary nitrogens is 1. The van der Waals surface area contributed by atoms with Crippen LogP contribution in [0, 0.1) is 0 Å². The normalized spacial score (nSPS) is 14.0. The summed E-state index contributed by atoms with van der Waals surface area (Å²) in [7, 11) is -2.06. The quantitative estimate of drug-likeness (QED) is 0.302. The molecule has 7 heteroatoms. The highest BCUT2D eigenvalue weighted by molar-refractivity contribution is 7.85. The summed E-state index contributed by atoms with van der Waals surface area (Å²) in [6.45, 7) is 9.47. The lowest BCUT2D eigenvalue weighted by Crippen LogP contribution is -2.49. The van der Waals surface area contributed by atoms with Crippen LogP contribution in [0.2, 0.25) is 0 Å². The molecule has 0 fully saturated rings. The molecule has 0 aromatic rings. The zero-order valence-corrected chi connectivity index (χ0v) is 15.3. The molecule has 0 aliphatic heterocycles. The minimum absolute atomic E-state index is 0.0651. The molecule has 2 N–H and O–H groups in total. The van der Waals surface area contributed by atoms with E-state index < -0.39 is 10.1 Å². The standard InChI is InChI=1S/C15H32N2O4S/c1-5-17(6-2,12-9-13-22(19,20)21)11-8-7-10-15(16-4)14(3)18/h15-16H,5-13H2,1-4H3/p+1/t15-/m1/s1. The second kappa shape index (κ2) is 10.3. The lowest BCUT2D eigenvalue weighted by Gasteiger charge is -2.37. The second-order valence-corrected chi connectivity index (χ2v) is 7.58. The van der Waals surface area contributed by atoms with Crippen LogP contribution in [0.25, 0.3) is 0 Å². The Balaban J connectivity index is 4.30. The van der Waals surface area contributed by atoms with Gasteiger partial charge in [-0.3, -0.25) is 9.35 Å². The molecule has 0 aliphatic carbocycles. The molecule has 0 amide bonds. The van der Waals surface area contributed by atoms with Gasteiger partial charge >= 0.3 is 0 Å². The predicted octanol–water partition coefficient (Wildman–Crippen LogP) is 1.47. The van der Waals surface area contributed by atoms with Gasteiger partial charge in [0.1, 0.15) is 5.78 Å². The first-order valence-electron chi connectivity index (χ1n) is 8.17. The number of unbranched alkanes of at least 4 members (excludes halogenated alkanes) is 1. The summed E-state index contributed by atoms with van der Waals surface area (Å²) in [5.41, 5.74) is 0. The number of hydrogen-bond acceptors (Lipinski definition) is 4. The Kier molecular flexibility index (Phi) is 10.1. The number of hydrogen-bond donors (Lipinski definition) is 2. The van der Waals surface area contributed by atoms with Crippen LogP contribution in [-0.4, -0.2) is 68.3 Å². The van der Waals surface area contributed by atoms with Gasteiger partial charge in [-0.05, 0) is 47.1 Å². The van der Waals surface area contributed by atoms with E-state index in [1.807, 2.05) is 0 Å². The van der Waals surface area contributed by atoms with Gasteiger partial charge in [-0.15, -0.1) is 0 Å². The van der Waals surface area contributed by atoms with E-state index in [1.54, 1.807) is 14.0 Å². The van der Waals surface area contributed by atoms with Crippen molar-refractivity contribution in [2.24, 2.45) is 0 Å². The van der Waals surface area contributed by atoms with Crippen LogP contribution in [0.15, 0.2) is 0 Å². The third-order valence-electron chi connectivity index (χ3n) is 4.59. The van der Waals surface area contributed by atoms with Crippen LogP contribution in [0.5, 0.6) is 0 Å². The maximum absolute atomic E-state index is 11.4. The van der Waals surface area contributed by atoms with Crippen molar-refractivity contribution in [3.8, 4) is 0 Å². The number of nitrogens with one attached hydrogen (secondary N) is 1. The van der Waals surface area contributed by atoms with E-state index in [2.05, 4.69) is 19.2 Å². The number of nitrogens with zero attached hydrogens (tertiary/aromatic N) is 1. The molecule has 0 saturated heterocycles. The summed E-state index contributed by atoms with van der Waals surface area (Å²) < 4.78 is 31.4. The fourth-order valence-corrected chi connectivity index (χ4v) is 3.39. The highest BCUT2D eigenvalue weighted by Gasteiger charge is 2.23. The van der Waals surface area contributed by atoms with E-state index >= 15 is 0 Å². The Hall–Kier alpha value is -0.500. The molecule has 6 nitrogen and oxygen atoms in total. The average molecular weight is 338 g/mol. The number of rotatable bonds is 13. The zero-order chi connectivity index (χ0) is 17.2. The SMILES string of the molecule is CC[N+](CC)(CCCC[C@@H](NC)C(C)=O)CCCS(=O)(=O)O. The molecular weight excluding hydrogens is 304 g/mol. The van der Waals surface area contributed by atoms with Gasteiger partial charge in [0.2, 0.25) is 0 Å². The second-order valence-electron chi connectivity index (χ2n) is 6.01. The summed E-state index contributed by atoms with van der Waals surface area (Å²) in [5, 5.41) is 3.03. The minimum atomic E-state index is -3.87. The van der Waals surface area contributed by atoms with Gasteiger partial charge in [-0.1, -0.05) is 0 Å². The van der Waals surface area contributed by atoms with Crippen molar-refractivity contribution in [3.63, 3.8) is 0 Å². The maximum atomic E-state index is 11.4. The molecule has 0 saturated carbocycles. The fourth-order valence-electron chi connectivity index (χ4n) is 2.90. The Bertz CT molecular complexity index is 419. The van der Waals surface area contributed by atoms with Crippen molar-refractivity contribution in [1.29, 1.82) is 0 Å². The first kappa shape index (κ1) is 21.5. The number of carbonyl (C=O) groups is 1. The van der Waals surface area contributed by atoms with Gasteiger partial charge < -0.3 is 9.80 Å². The van der Waals surface area contributed by atoms with Crippen molar-refractivity contribution < 1.29 is 22.2 Å². The van der Waals surface area contributed by atoms with Crippen LogP contribution in [0.4, 0.5) is 0 Å². The van der Waals surface area contributed by atoms with Gasteiger partial charge in [-0.2, -0.15) is 8.42 Å². The lowest BCUT2D eigenvalue weighted by atomic mass is 10.1. The van der Waals surface area contributed by atoms with Crippen molar-refractivity contribution in [2.45, 2.75) is 52.5 Å². The highest BCUT2D eigenvalue weighted by atomic mass is 32.2. The molecule has 0 aromatic carbocycles. The van der Waals surface area contributed by atoms with Crippen molar-refractivity contribution in [1.82, 2.24) is 5.32 Å². The number of ketones is 1. The predicted molar refractivity (Wildman–Crippen MR) is 89.5 cm³/mol. The molecule has 132 valence electrons. The molecule has 0 heterocycles. The molecule has 1 atom stereocenters. The Morgan fingerprint density at radius 3 is 2.09 bits per heavy atom. The third kappa shape index (κ3) is 8.82. The lowest BCUT2D eigenvalue weighted by molar-refractivity contribution is -0.925. The Morgan fingerprint density at radius 2 is 1.68 bits per heavy atom. The molecule has 0 aromatic heterocycles. The first-order valence-corrected chi connectivity index (χ1v) is 9.78. The maximum Gasteiger partial charge on any atom is 0.265 e. The van der Waals surface area contributed by atoms with Crippen LogP contribution >= 0.6 is 0 Å². The summed E-state index contributed by atoms with van der Waals surface area (Å²) >= 11 is 0. The molecular formula is C15H33N2O4S+. The molecule has 0 aliphatic rings. The minimum Gasteiger partial charge on any atom is -0.324 e. The van der Waals surface area contributed by atoms with E-state index in [4.69, 9.17) is 4.55 Å². The largest absolute Gasteiger partial charge is 0.324 e. The smallest absolute Gasteiger partial charge is 0.265 e. The Labute approximate surface area is 135 Å². The average Bonchev–Trinajstić information content (AvgIpc) is 2.43. The molecule has 0 rings (SSSR count). The van der Waals surface area contributed by atoms with Crippen molar-refractivity contribution in [3.05, 3.63) is 0 Å². The van der Waals surface area contributed by atoms with Crippen LogP contribution in [0.1, 0.15) is 46.5 Å². The number of likely N-dealkylation sites (N-methyl/N-ethyl adjacent to an activating group) is 1. The van der Waals surface area contributed by atoms with Crippen LogP contribution < -0.4 is 5.32 Å². The van der Waals surface area contributed by atoms with Gasteiger partial charge in [0.15, 0.2) is 0 Å². The topological polar surface area (TPSA) is 83.5 Å². The molecule has 0 unspecified atom stereocenters. The third-order valence-corrected chi connectivity index (χ3v) is 5.40. The van der Waals surface area contributed by atoms with E-state index in [0.717, 1.165) is 49.9 Å². The first-order chi connectivity index (χ1) is 10.2. The van der Waals surface area contributed by atoms with E-state index in [1.165, 1.54) is 0 Å². The van der Waals surface area contributed by atoms with Gasteiger partial charge in [0, 0.05) is 6.42 Å². The number of Topliss-reactive ketones (excluding diaryl/α,β-unsaturated/α-hetero) is 1. The fraction of sp³-hybridized carbons (Fsp3) is 0.933. The van der Waals surface area contributed by atoms with Crippen LogP contribution in [0.3, 0.4) is 0 Å². The molecule has 0 bridgehead atoms. The summed E-state index contributed by atoms with van der Waals surface area (Å²) in [4.78, 5) is 11.4. The van der Waals surface area contributed by atoms with Gasteiger partial charge in [0.25, 0.3) is 10.1 Å². The van der Waals surface area contributed by atoms with E-state index in [-0.39, 0.29) is 17.6 Å². The Morgan fingerprint density at radius 1 is 1.14 bits per heavy atom. The van der Waals surface area contributed by atoms with Gasteiger partial charge in [0.05, 0.1) is 38.0 Å².